The lowest BCUT2D eigenvalue weighted by Crippen LogP contribution is -2.46. The Labute approximate surface area is 195 Å². The molecule has 33 heavy (non-hydrogen) atoms. The molecule has 8 nitrogen and oxygen atoms in total. The Balaban J connectivity index is 1.73. The standard InChI is InChI=1S/C24H23ClN4O4/c1-3-14(2)21(29-23(31)15-8-10-16(25)11-9-15)24(32)33-13-20(30)17(12-26)22-27-18-6-4-5-7-19(18)28-22/h4-11,14,21,30H,3,13H2,1-2H3,(H,27,28)(H,29,31)/b20-17-/t14-,21+/m0/s1. The SMILES string of the molecule is CC[C@H](C)[C@@H](NC(=O)c1ccc(Cl)cc1)C(=O)OC/C(O)=C(\C#N)c1nc2ccccc2[nH]1. The number of allylic oxidation sites excluding steroid dienone is 1. The second kappa shape index (κ2) is 10.7. The van der Waals surface area contributed by atoms with Crippen LogP contribution in [0.3, 0.4) is 0 Å². The fourth-order valence-corrected chi connectivity index (χ4v) is 3.25. The molecule has 0 unspecified atom stereocenters. The number of halogens is 1. The molecule has 1 heterocycles. The summed E-state index contributed by atoms with van der Waals surface area (Å²) >= 11 is 5.86. The molecule has 1 amide bonds. The van der Waals surface area contributed by atoms with Crippen molar-refractivity contribution in [3.63, 3.8) is 0 Å². The number of nitrogens with zero attached hydrogens (tertiary/aromatic N) is 2. The molecule has 9 heteroatoms. The lowest BCUT2D eigenvalue weighted by Gasteiger charge is -2.22. The molecular weight excluding hydrogens is 444 g/mol. The molecule has 3 N–H and O–H groups in total. The van der Waals surface area contributed by atoms with Gasteiger partial charge in [-0.3, -0.25) is 4.79 Å². The summed E-state index contributed by atoms with van der Waals surface area (Å²) in [6.07, 6.45) is 0.602. The number of hydrogen-bond donors (Lipinski definition) is 3. The summed E-state index contributed by atoms with van der Waals surface area (Å²) in [6, 6.07) is 14.4. The Hall–Kier alpha value is -3.83. The van der Waals surface area contributed by atoms with E-state index in [-0.39, 0.29) is 17.3 Å². The lowest BCUT2D eigenvalue weighted by atomic mass is 9.98. The number of aliphatic hydroxyl groups is 1. The predicted octanol–water partition coefficient (Wildman–Crippen LogP) is 4.40. The van der Waals surface area contributed by atoms with Gasteiger partial charge in [-0.05, 0) is 42.3 Å². The molecule has 2 atom stereocenters. The highest BCUT2D eigenvalue weighted by Gasteiger charge is 2.28. The Kier molecular flexibility index (Phi) is 7.70. The van der Waals surface area contributed by atoms with Crippen LogP contribution in [-0.4, -0.2) is 39.6 Å². The van der Waals surface area contributed by atoms with Crippen LogP contribution < -0.4 is 5.32 Å². The number of imidazole rings is 1. The van der Waals surface area contributed by atoms with E-state index >= 15 is 0 Å². The van der Waals surface area contributed by atoms with Gasteiger partial charge >= 0.3 is 5.97 Å². The molecule has 0 aliphatic rings. The monoisotopic (exact) mass is 466 g/mol. The molecule has 0 fully saturated rings. The highest BCUT2D eigenvalue weighted by Crippen LogP contribution is 2.19. The van der Waals surface area contributed by atoms with Crippen molar-refractivity contribution < 1.29 is 19.4 Å². The molecule has 0 bridgehead atoms. The highest BCUT2D eigenvalue weighted by molar-refractivity contribution is 6.30. The van der Waals surface area contributed by atoms with Crippen LogP contribution in [0.15, 0.2) is 54.3 Å². The van der Waals surface area contributed by atoms with Crippen molar-refractivity contribution in [3.05, 3.63) is 70.7 Å². The van der Waals surface area contributed by atoms with Gasteiger partial charge in [0.25, 0.3) is 5.91 Å². The number of carbonyl (C=O) groups is 2. The molecule has 0 saturated heterocycles. The van der Waals surface area contributed by atoms with Crippen molar-refractivity contribution in [2.75, 3.05) is 6.61 Å². The fourth-order valence-electron chi connectivity index (χ4n) is 3.12. The molecule has 0 spiro atoms. The number of para-hydroxylation sites is 2. The Morgan fingerprint density at radius 3 is 2.58 bits per heavy atom. The van der Waals surface area contributed by atoms with Crippen LogP contribution in [0.2, 0.25) is 5.02 Å². The lowest BCUT2D eigenvalue weighted by molar-refractivity contribution is -0.147. The van der Waals surface area contributed by atoms with Crippen LogP contribution in [-0.2, 0) is 9.53 Å². The number of fused-ring (bicyclic) bond motifs is 1. The highest BCUT2D eigenvalue weighted by atomic mass is 35.5. The van der Waals surface area contributed by atoms with Crippen LogP contribution in [0.5, 0.6) is 0 Å². The van der Waals surface area contributed by atoms with E-state index in [0.717, 1.165) is 0 Å². The molecule has 2 aromatic carbocycles. The van der Waals surface area contributed by atoms with E-state index in [2.05, 4.69) is 15.3 Å². The molecule has 0 aliphatic heterocycles. The summed E-state index contributed by atoms with van der Waals surface area (Å²) in [5.41, 5.74) is 1.54. The average molecular weight is 467 g/mol. The number of hydrogen-bond acceptors (Lipinski definition) is 6. The summed E-state index contributed by atoms with van der Waals surface area (Å²) in [7, 11) is 0. The number of nitriles is 1. The van der Waals surface area contributed by atoms with Crippen molar-refractivity contribution in [1.82, 2.24) is 15.3 Å². The van der Waals surface area contributed by atoms with Crippen LogP contribution in [0.4, 0.5) is 0 Å². The normalized spacial score (nSPS) is 13.5. The van der Waals surface area contributed by atoms with E-state index in [9.17, 15) is 20.0 Å². The maximum Gasteiger partial charge on any atom is 0.329 e. The van der Waals surface area contributed by atoms with Gasteiger partial charge in [0.05, 0.1) is 11.0 Å². The largest absolute Gasteiger partial charge is 0.507 e. The predicted molar refractivity (Wildman–Crippen MR) is 124 cm³/mol. The second-order valence-electron chi connectivity index (χ2n) is 7.49. The number of rotatable bonds is 8. The minimum Gasteiger partial charge on any atom is -0.507 e. The number of nitrogens with one attached hydrogen (secondary N) is 2. The number of ether oxygens (including phenoxy) is 1. The first-order chi connectivity index (χ1) is 15.8. The van der Waals surface area contributed by atoms with Gasteiger partial charge < -0.3 is 20.1 Å². The fraction of sp³-hybridized carbons (Fsp3) is 0.250. The van der Waals surface area contributed by atoms with Crippen molar-refractivity contribution in [2.45, 2.75) is 26.3 Å². The quantitative estimate of drug-likeness (QED) is 0.256. The van der Waals surface area contributed by atoms with E-state index in [0.29, 0.717) is 28.0 Å². The molecule has 0 saturated carbocycles. The minimum absolute atomic E-state index is 0.135. The van der Waals surface area contributed by atoms with E-state index < -0.39 is 30.3 Å². The van der Waals surface area contributed by atoms with Gasteiger partial charge in [-0.25, -0.2) is 9.78 Å². The maximum absolute atomic E-state index is 12.8. The first-order valence-corrected chi connectivity index (χ1v) is 10.7. The summed E-state index contributed by atoms with van der Waals surface area (Å²) in [5, 5.41) is 23.1. The smallest absolute Gasteiger partial charge is 0.329 e. The minimum atomic E-state index is -0.942. The molecule has 3 rings (SSSR count). The zero-order valence-electron chi connectivity index (χ0n) is 18.1. The van der Waals surface area contributed by atoms with Gasteiger partial charge in [0.1, 0.15) is 24.3 Å². The van der Waals surface area contributed by atoms with Gasteiger partial charge in [-0.2, -0.15) is 5.26 Å². The number of amides is 1. The third kappa shape index (κ3) is 5.70. The number of aliphatic hydroxyl groups excluding tert-OH is 1. The molecule has 170 valence electrons. The third-order valence-electron chi connectivity index (χ3n) is 5.24. The summed E-state index contributed by atoms with van der Waals surface area (Å²) in [6.45, 7) is 3.15. The van der Waals surface area contributed by atoms with E-state index in [4.69, 9.17) is 16.3 Å². The third-order valence-corrected chi connectivity index (χ3v) is 5.49. The molecule has 1 aromatic heterocycles. The Morgan fingerprint density at radius 2 is 1.94 bits per heavy atom. The van der Waals surface area contributed by atoms with Crippen LogP contribution in [0.1, 0.15) is 36.5 Å². The van der Waals surface area contributed by atoms with Crippen molar-refractivity contribution >= 4 is 40.1 Å². The number of aromatic amines is 1. The zero-order chi connectivity index (χ0) is 24.0. The Morgan fingerprint density at radius 1 is 1.24 bits per heavy atom. The van der Waals surface area contributed by atoms with Crippen LogP contribution in [0.25, 0.3) is 16.6 Å². The van der Waals surface area contributed by atoms with Crippen molar-refractivity contribution in [2.24, 2.45) is 5.92 Å². The molecule has 3 aromatic rings. The number of H-pyrrole nitrogens is 1. The number of esters is 1. The number of carbonyl (C=O) groups excluding carboxylic acids is 2. The van der Waals surface area contributed by atoms with Gasteiger partial charge in [0, 0.05) is 10.6 Å². The van der Waals surface area contributed by atoms with Gasteiger partial charge in [0.2, 0.25) is 0 Å². The van der Waals surface area contributed by atoms with Gasteiger partial charge in [0.15, 0.2) is 11.6 Å². The average Bonchev–Trinajstić information content (AvgIpc) is 3.25. The molecule has 0 radical (unpaired) electrons. The van der Waals surface area contributed by atoms with Gasteiger partial charge in [-0.15, -0.1) is 0 Å². The van der Waals surface area contributed by atoms with Crippen LogP contribution >= 0.6 is 11.6 Å². The molecule has 0 aliphatic carbocycles. The van der Waals surface area contributed by atoms with E-state index in [1.807, 2.05) is 19.1 Å². The maximum atomic E-state index is 12.8. The zero-order valence-corrected chi connectivity index (χ0v) is 18.9. The molecular formula is C24H23ClN4O4. The van der Waals surface area contributed by atoms with Gasteiger partial charge in [-0.1, -0.05) is 44.0 Å². The van der Waals surface area contributed by atoms with E-state index in [1.54, 1.807) is 49.4 Å². The van der Waals surface area contributed by atoms with E-state index in [1.165, 1.54) is 0 Å². The first-order valence-electron chi connectivity index (χ1n) is 10.3. The number of aromatic nitrogens is 2. The number of benzene rings is 2. The summed E-state index contributed by atoms with van der Waals surface area (Å²) in [4.78, 5) is 32.6. The van der Waals surface area contributed by atoms with Crippen molar-refractivity contribution in [1.29, 1.82) is 5.26 Å². The first kappa shape index (κ1) is 23.8. The van der Waals surface area contributed by atoms with Crippen LogP contribution in [0, 0.1) is 17.2 Å². The summed E-state index contributed by atoms with van der Waals surface area (Å²) < 4.78 is 5.25. The second-order valence-corrected chi connectivity index (χ2v) is 7.92. The topological polar surface area (TPSA) is 128 Å². The summed E-state index contributed by atoms with van der Waals surface area (Å²) in [5.74, 6) is -1.68. The van der Waals surface area contributed by atoms with Crippen molar-refractivity contribution in [3.8, 4) is 6.07 Å². The Bertz CT molecular complexity index is 1190.